The second-order valence-corrected chi connectivity index (χ2v) is 13.8. The number of nitrogens with zero attached hydrogens (tertiary/aromatic N) is 2. The van der Waals surface area contributed by atoms with E-state index >= 15 is 0 Å². The van der Waals surface area contributed by atoms with Gasteiger partial charge in [0.15, 0.2) is 10.3 Å². The number of phenolic OH excluding ortho intramolecular Hbond substituents is 2. The first-order chi connectivity index (χ1) is 22.4. The number of amides is 2. The zero-order valence-corrected chi connectivity index (χ0v) is 27.9. The highest BCUT2D eigenvalue weighted by Gasteiger charge is 2.26. The quantitative estimate of drug-likeness (QED) is 0.0660. The number of aromatic nitrogens is 4. The summed E-state index contributed by atoms with van der Waals surface area (Å²) in [6, 6.07) is 22.1. The number of H-pyrrole nitrogens is 2. The molecule has 2 aromatic heterocycles. The smallest absolute Gasteiger partial charge is 0.234 e. The molecular weight excluding hydrogens is 633 g/mol. The maximum Gasteiger partial charge on any atom is 0.234 e. The van der Waals surface area contributed by atoms with Crippen LogP contribution in [0.2, 0.25) is 0 Å². The molecule has 0 radical (unpaired) electrons. The van der Waals surface area contributed by atoms with E-state index in [1.807, 2.05) is 76.2 Å². The third kappa shape index (κ3) is 7.23. The Hall–Kier alpha value is -4.94. The SMILES string of the molecule is Cc1ccc2nc(SCC(=O)Nc3ccc(C(C)(C)c4ccc(NC(=O)CSc5nc6ccc(C)cc6[nH]5)c(O)c4)cc3O)[nH]c2c1. The van der Waals surface area contributed by atoms with Crippen LogP contribution >= 0.6 is 23.5 Å². The number of carbonyl (C=O) groups is 2. The van der Waals surface area contributed by atoms with Gasteiger partial charge in [-0.3, -0.25) is 9.59 Å². The molecule has 6 N–H and O–H groups in total. The zero-order chi connectivity index (χ0) is 33.3. The van der Waals surface area contributed by atoms with Crippen LogP contribution in [0, 0.1) is 13.8 Å². The average Bonchev–Trinajstić information content (AvgIpc) is 3.63. The molecule has 2 amide bonds. The Balaban J connectivity index is 1.05. The van der Waals surface area contributed by atoms with Gasteiger partial charge in [0.25, 0.3) is 0 Å². The van der Waals surface area contributed by atoms with E-state index in [9.17, 15) is 19.8 Å². The van der Waals surface area contributed by atoms with Crippen molar-refractivity contribution >= 4 is 68.8 Å². The minimum atomic E-state index is -0.620. The Bertz CT molecular complexity index is 1990. The van der Waals surface area contributed by atoms with Crippen LogP contribution in [0.5, 0.6) is 11.5 Å². The van der Waals surface area contributed by atoms with Crippen LogP contribution in [0.25, 0.3) is 22.1 Å². The summed E-state index contributed by atoms with van der Waals surface area (Å²) < 4.78 is 0. The van der Waals surface area contributed by atoms with E-state index in [4.69, 9.17) is 0 Å². The van der Waals surface area contributed by atoms with Gasteiger partial charge in [0.05, 0.1) is 44.9 Å². The molecule has 0 aliphatic carbocycles. The third-order valence-electron chi connectivity index (χ3n) is 7.90. The molecule has 0 spiro atoms. The number of anilines is 2. The first kappa shape index (κ1) is 32.0. The first-order valence-corrected chi connectivity index (χ1v) is 16.9. The predicted octanol–water partition coefficient (Wildman–Crippen LogP) is 7.25. The maximum atomic E-state index is 12.7. The number of nitrogens with one attached hydrogen (secondary N) is 4. The fourth-order valence-corrected chi connectivity index (χ4v) is 6.57. The topological polar surface area (TPSA) is 156 Å². The van der Waals surface area contributed by atoms with Crippen LogP contribution < -0.4 is 10.6 Å². The van der Waals surface area contributed by atoms with Gasteiger partial charge in [-0.25, -0.2) is 9.97 Å². The second kappa shape index (κ2) is 13.0. The van der Waals surface area contributed by atoms with Gasteiger partial charge in [0.1, 0.15) is 11.5 Å². The molecule has 0 bridgehead atoms. The normalized spacial score (nSPS) is 11.7. The van der Waals surface area contributed by atoms with Gasteiger partial charge < -0.3 is 30.8 Å². The molecule has 0 aliphatic heterocycles. The van der Waals surface area contributed by atoms with Gasteiger partial charge in [-0.2, -0.15) is 0 Å². The molecule has 47 heavy (non-hydrogen) atoms. The Morgan fingerprint density at radius 3 is 1.51 bits per heavy atom. The van der Waals surface area contributed by atoms with Crippen molar-refractivity contribution in [2.45, 2.75) is 43.4 Å². The summed E-state index contributed by atoms with van der Waals surface area (Å²) in [7, 11) is 0. The van der Waals surface area contributed by atoms with Gasteiger partial charge in [-0.1, -0.05) is 61.6 Å². The van der Waals surface area contributed by atoms with E-state index in [0.29, 0.717) is 21.7 Å². The molecule has 240 valence electrons. The monoisotopic (exact) mass is 666 g/mol. The highest BCUT2D eigenvalue weighted by atomic mass is 32.2. The molecule has 0 aliphatic rings. The van der Waals surface area contributed by atoms with Gasteiger partial charge >= 0.3 is 0 Å². The maximum absolute atomic E-state index is 12.7. The standard InChI is InChI=1S/C35H34N6O4S2/c1-19-5-9-23-27(13-19)40-33(38-23)46-17-31(44)36-25-11-7-21(15-29(25)42)35(3,4)22-8-12-26(30(43)16-22)37-32(45)18-47-34-39-24-10-6-20(2)14-28(24)41-34/h5-16,42-43H,17-18H2,1-4H3,(H,36,44)(H,37,45)(H,38,40)(H,39,41). The lowest BCUT2D eigenvalue weighted by atomic mass is 9.78. The van der Waals surface area contributed by atoms with Gasteiger partial charge in [-0.15, -0.1) is 0 Å². The van der Waals surface area contributed by atoms with E-state index in [2.05, 4.69) is 30.6 Å². The van der Waals surface area contributed by atoms with Crippen molar-refractivity contribution in [2.24, 2.45) is 0 Å². The Morgan fingerprint density at radius 2 is 1.11 bits per heavy atom. The third-order valence-corrected chi connectivity index (χ3v) is 9.64. The van der Waals surface area contributed by atoms with Crippen LogP contribution in [-0.2, 0) is 15.0 Å². The van der Waals surface area contributed by atoms with Crippen molar-refractivity contribution < 1.29 is 19.8 Å². The lowest BCUT2D eigenvalue weighted by molar-refractivity contribution is -0.114. The molecule has 0 fully saturated rings. The highest BCUT2D eigenvalue weighted by molar-refractivity contribution is 8.00. The number of fused-ring (bicyclic) bond motifs is 2. The van der Waals surface area contributed by atoms with Gasteiger partial charge in [0, 0.05) is 5.41 Å². The van der Waals surface area contributed by atoms with Crippen molar-refractivity contribution in [1.29, 1.82) is 0 Å². The van der Waals surface area contributed by atoms with E-state index in [-0.39, 0.29) is 34.8 Å². The van der Waals surface area contributed by atoms with Crippen molar-refractivity contribution in [3.63, 3.8) is 0 Å². The lowest BCUT2D eigenvalue weighted by Crippen LogP contribution is -2.20. The number of hydrogen-bond acceptors (Lipinski definition) is 8. The number of phenols is 2. The highest BCUT2D eigenvalue weighted by Crippen LogP contribution is 2.38. The lowest BCUT2D eigenvalue weighted by Gasteiger charge is -2.27. The zero-order valence-electron chi connectivity index (χ0n) is 26.3. The van der Waals surface area contributed by atoms with E-state index in [1.54, 1.807) is 24.3 Å². The van der Waals surface area contributed by atoms with Crippen LogP contribution in [-0.4, -0.2) is 53.5 Å². The molecule has 2 heterocycles. The van der Waals surface area contributed by atoms with Crippen LogP contribution in [0.3, 0.4) is 0 Å². The van der Waals surface area contributed by atoms with Gasteiger partial charge in [-0.05, 0) is 84.6 Å². The van der Waals surface area contributed by atoms with E-state index in [1.165, 1.54) is 23.5 Å². The number of rotatable bonds is 10. The predicted molar refractivity (Wildman–Crippen MR) is 189 cm³/mol. The summed E-state index contributed by atoms with van der Waals surface area (Å²) in [6.45, 7) is 7.94. The minimum absolute atomic E-state index is 0.0710. The Labute approximate surface area is 279 Å². The minimum Gasteiger partial charge on any atom is -0.506 e. The van der Waals surface area contributed by atoms with E-state index < -0.39 is 5.41 Å². The number of imidazole rings is 2. The Kier molecular flexibility index (Phi) is 8.89. The first-order valence-electron chi connectivity index (χ1n) is 14.9. The van der Waals surface area contributed by atoms with Crippen LogP contribution in [0.15, 0.2) is 83.1 Å². The number of benzene rings is 4. The number of hydrogen-bond donors (Lipinski definition) is 6. The fraction of sp³-hybridized carbons (Fsp3) is 0.200. The number of aromatic hydroxyl groups is 2. The van der Waals surface area contributed by atoms with Crippen molar-refractivity contribution in [3.8, 4) is 11.5 Å². The molecule has 10 nitrogen and oxygen atoms in total. The molecule has 0 saturated carbocycles. The summed E-state index contributed by atoms with van der Waals surface area (Å²) in [5.41, 5.74) is 7.28. The fourth-order valence-electron chi connectivity index (χ4n) is 5.20. The summed E-state index contributed by atoms with van der Waals surface area (Å²) in [5, 5.41) is 28.4. The van der Waals surface area contributed by atoms with Crippen LogP contribution in [0.1, 0.15) is 36.1 Å². The molecule has 6 rings (SSSR count). The number of aryl methyl sites for hydroxylation is 2. The molecule has 6 aromatic rings. The molecule has 12 heteroatoms. The summed E-state index contributed by atoms with van der Waals surface area (Å²) in [6.07, 6.45) is 0. The molecule has 0 saturated heterocycles. The summed E-state index contributed by atoms with van der Waals surface area (Å²) >= 11 is 2.57. The largest absolute Gasteiger partial charge is 0.506 e. The van der Waals surface area contributed by atoms with Crippen LogP contribution in [0.4, 0.5) is 11.4 Å². The van der Waals surface area contributed by atoms with Crippen molar-refractivity contribution in [2.75, 3.05) is 22.1 Å². The number of carbonyl (C=O) groups excluding carboxylic acids is 2. The Morgan fingerprint density at radius 1 is 0.681 bits per heavy atom. The number of aromatic amines is 2. The molecular formula is C35H34N6O4S2. The van der Waals surface area contributed by atoms with Crippen molar-refractivity contribution in [1.82, 2.24) is 19.9 Å². The molecule has 0 atom stereocenters. The molecule has 0 unspecified atom stereocenters. The summed E-state index contributed by atoms with van der Waals surface area (Å²) in [4.78, 5) is 40.8. The number of thioether (sulfide) groups is 2. The van der Waals surface area contributed by atoms with E-state index in [0.717, 1.165) is 44.3 Å². The van der Waals surface area contributed by atoms with Gasteiger partial charge in [0.2, 0.25) is 11.8 Å². The average molecular weight is 667 g/mol. The second-order valence-electron chi connectivity index (χ2n) is 11.9. The van der Waals surface area contributed by atoms with Crippen molar-refractivity contribution in [3.05, 3.63) is 95.1 Å². The molecule has 4 aromatic carbocycles. The summed E-state index contributed by atoms with van der Waals surface area (Å²) in [5.74, 6) is -0.459.